The van der Waals surface area contributed by atoms with Gasteiger partial charge >= 0.3 is 0 Å². The van der Waals surface area contributed by atoms with Crippen LogP contribution in [0.5, 0.6) is 0 Å². The SMILES string of the molecule is CC1/C=C\C2CC#CC(CC2C)N1. The smallest absolute Gasteiger partial charge is 0.0696 e. The summed E-state index contributed by atoms with van der Waals surface area (Å²) in [4.78, 5) is 0. The minimum absolute atomic E-state index is 0.417. The van der Waals surface area contributed by atoms with E-state index in [0.29, 0.717) is 18.0 Å². The Labute approximate surface area is 80.6 Å². The van der Waals surface area contributed by atoms with Crippen LogP contribution in [0.2, 0.25) is 0 Å². The van der Waals surface area contributed by atoms with E-state index in [1.165, 1.54) is 6.42 Å². The molecule has 2 bridgehead atoms. The minimum atomic E-state index is 0.417. The van der Waals surface area contributed by atoms with Crippen LogP contribution in [0, 0.1) is 23.7 Å². The van der Waals surface area contributed by atoms with Gasteiger partial charge in [0, 0.05) is 12.5 Å². The number of fused-ring (bicyclic) bond motifs is 3. The lowest BCUT2D eigenvalue weighted by Gasteiger charge is -2.25. The van der Waals surface area contributed by atoms with Gasteiger partial charge in [-0.3, -0.25) is 5.32 Å². The molecule has 0 aromatic carbocycles. The Bertz CT molecular complexity index is 269. The summed E-state index contributed by atoms with van der Waals surface area (Å²) in [6.07, 6.45) is 6.87. The largest absolute Gasteiger partial charge is 0.298 e. The van der Waals surface area contributed by atoms with Gasteiger partial charge < -0.3 is 0 Å². The highest BCUT2D eigenvalue weighted by Crippen LogP contribution is 2.25. The van der Waals surface area contributed by atoms with E-state index in [1.807, 2.05) is 0 Å². The Morgan fingerprint density at radius 1 is 1.31 bits per heavy atom. The van der Waals surface area contributed by atoms with Crippen LogP contribution in [0.3, 0.4) is 0 Å². The van der Waals surface area contributed by atoms with Gasteiger partial charge in [-0.2, -0.15) is 0 Å². The summed E-state index contributed by atoms with van der Waals surface area (Å²) in [5.74, 6) is 8.03. The molecular weight excluding hydrogens is 158 g/mol. The second-order valence-corrected chi connectivity index (χ2v) is 4.29. The van der Waals surface area contributed by atoms with Crippen molar-refractivity contribution in [2.75, 3.05) is 0 Å². The lowest BCUT2D eigenvalue weighted by molar-refractivity contribution is 0.361. The van der Waals surface area contributed by atoms with Crippen molar-refractivity contribution >= 4 is 0 Å². The van der Waals surface area contributed by atoms with Gasteiger partial charge in [-0.1, -0.05) is 25.0 Å². The van der Waals surface area contributed by atoms with Crippen LogP contribution >= 0.6 is 0 Å². The molecular formula is C12H17N. The molecule has 1 N–H and O–H groups in total. The molecule has 0 saturated heterocycles. The lowest BCUT2D eigenvalue weighted by Crippen LogP contribution is -2.37. The molecule has 4 unspecified atom stereocenters. The van der Waals surface area contributed by atoms with Gasteiger partial charge in [0.25, 0.3) is 0 Å². The minimum Gasteiger partial charge on any atom is -0.298 e. The molecule has 1 aliphatic heterocycles. The van der Waals surface area contributed by atoms with Crippen molar-refractivity contribution in [3.63, 3.8) is 0 Å². The van der Waals surface area contributed by atoms with Crippen LogP contribution in [0.25, 0.3) is 0 Å². The molecule has 1 nitrogen and oxygen atoms in total. The molecule has 1 aliphatic carbocycles. The van der Waals surface area contributed by atoms with Gasteiger partial charge in [-0.25, -0.2) is 0 Å². The van der Waals surface area contributed by atoms with Crippen molar-refractivity contribution in [3.05, 3.63) is 12.2 Å². The predicted octanol–water partition coefficient (Wildman–Crippen LogP) is 1.95. The fourth-order valence-electron chi connectivity index (χ4n) is 2.16. The lowest BCUT2D eigenvalue weighted by atomic mass is 9.86. The van der Waals surface area contributed by atoms with E-state index in [2.05, 4.69) is 43.2 Å². The highest BCUT2D eigenvalue weighted by molar-refractivity contribution is 5.17. The van der Waals surface area contributed by atoms with Gasteiger partial charge in [0.2, 0.25) is 0 Å². The van der Waals surface area contributed by atoms with E-state index in [4.69, 9.17) is 0 Å². The Morgan fingerprint density at radius 3 is 3.00 bits per heavy atom. The third-order valence-corrected chi connectivity index (χ3v) is 3.06. The first kappa shape index (κ1) is 8.84. The van der Waals surface area contributed by atoms with Crippen molar-refractivity contribution in [1.82, 2.24) is 5.32 Å². The number of rotatable bonds is 0. The molecule has 1 heteroatoms. The molecule has 0 spiro atoms. The summed E-state index contributed by atoms with van der Waals surface area (Å²) in [6.45, 7) is 4.53. The first-order valence-electron chi connectivity index (χ1n) is 5.18. The molecule has 0 amide bonds. The number of nitrogens with one attached hydrogen (secondary N) is 1. The standard InChI is InChI=1S/C12H17N/c1-9-8-12-5-3-4-11(9)7-6-10(2)13-12/h6-7,9-13H,4,8H2,1-2H3/b7-6-. The molecule has 0 radical (unpaired) electrons. The van der Waals surface area contributed by atoms with Gasteiger partial charge in [0.05, 0.1) is 6.04 Å². The summed E-state index contributed by atoms with van der Waals surface area (Å²) >= 11 is 0. The van der Waals surface area contributed by atoms with Crippen molar-refractivity contribution in [3.8, 4) is 11.8 Å². The maximum atomic E-state index is 3.52. The van der Waals surface area contributed by atoms with Crippen LogP contribution in [-0.2, 0) is 0 Å². The summed E-state index contributed by atoms with van der Waals surface area (Å²) in [5, 5.41) is 3.52. The van der Waals surface area contributed by atoms with Crippen molar-refractivity contribution in [1.29, 1.82) is 0 Å². The van der Waals surface area contributed by atoms with Crippen LogP contribution in [0.15, 0.2) is 12.2 Å². The van der Waals surface area contributed by atoms with E-state index in [0.717, 1.165) is 12.3 Å². The van der Waals surface area contributed by atoms with Gasteiger partial charge in [-0.05, 0) is 25.2 Å². The number of hydrogen-bond acceptors (Lipinski definition) is 1. The van der Waals surface area contributed by atoms with Crippen LogP contribution < -0.4 is 5.32 Å². The van der Waals surface area contributed by atoms with Gasteiger partial charge in [0.1, 0.15) is 0 Å². The summed E-state index contributed by atoms with van der Waals surface area (Å²) < 4.78 is 0. The van der Waals surface area contributed by atoms with E-state index >= 15 is 0 Å². The zero-order chi connectivity index (χ0) is 9.26. The van der Waals surface area contributed by atoms with E-state index in [9.17, 15) is 0 Å². The van der Waals surface area contributed by atoms with E-state index in [1.54, 1.807) is 0 Å². The van der Waals surface area contributed by atoms with Gasteiger partial charge in [0.15, 0.2) is 0 Å². The second-order valence-electron chi connectivity index (χ2n) is 4.29. The highest BCUT2D eigenvalue weighted by atomic mass is 14.9. The maximum absolute atomic E-state index is 3.52. The molecule has 1 heterocycles. The van der Waals surface area contributed by atoms with Crippen LogP contribution in [-0.4, -0.2) is 12.1 Å². The molecule has 2 aliphatic rings. The topological polar surface area (TPSA) is 12.0 Å². The number of hydrogen-bond donors (Lipinski definition) is 1. The van der Waals surface area contributed by atoms with E-state index < -0.39 is 0 Å². The van der Waals surface area contributed by atoms with Crippen molar-refractivity contribution < 1.29 is 0 Å². The average molecular weight is 175 g/mol. The van der Waals surface area contributed by atoms with Crippen LogP contribution in [0.4, 0.5) is 0 Å². The van der Waals surface area contributed by atoms with E-state index in [-0.39, 0.29) is 0 Å². The summed E-state index contributed by atoms with van der Waals surface area (Å²) in [6, 6.07) is 0.896. The fourth-order valence-corrected chi connectivity index (χ4v) is 2.16. The molecule has 0 saturated carbocycles. The van der Waals surface area contributed by atoms with Gasteiger partial charge in [-0.15, -0.1) is 5.92 Å². The fraction of sp³-hybridized carbons (Fsp3) is 0.667. The Kier molecular flexibility index (Phi) is 2.42. The molecule has 2 rings (SSSR count). The second kappa shape index (κ2) is 3.55. The molecule has 4 atom stereocenters. The molecule has 0 aromatic rings. The molecule has 0 aromatic heterocycles. The predicted molar refractivity (Wildman–Crippen MR) is 55.2 cm³/mol. The van der Waals surface area contributed by atoms with Crippen molar-refractivity contribution in [2.24, 2.45) is 11.8 Å². The molecule has 0 fully saturated rings. The zero-order valence-corrected chi connectivity index (χ0v) is 8.38. The maximum Gasteiger partial charge on any atom is 0.0696 e. The van der Waals surface area contributed by atoms with Crippen LogP contribution in [0.1, 0.15) is 26.7 Å². The monoisotopic (exact) mass is 175 g/mol. The normalized spacial score (nSPS) is 45.4. The Balaban J connectivity index is 2.25. The first-order valence-corrected chi connectivity index (χ1v) is 5.18. The summed E-state index contributed by atoms with van der Waals surface area (Å²) in [7, 11) is 0. The third-order valence-electron chi connectivity index (χ3n) is 3.06. The average Bonchev–Trinajstić information content (AvgIpc) is 2.16. The quantitative estimate of drug-likeness (QED) is 0.438. The third kappa shape index (κ3) is 1.95. The molecule has 70 valence electrons. The van der Waals surface area contributed by atoms with Crippen molar-refractivity contribution in [2.45, 2.75) is 38.8 Å². The Hall–Kier alpha value is -0.740. The number of allylic oxidation sites excluding steroid dienone is 1. The Morgan fingerprint density at radius 2 is 2.15 bits per heavy atom. The summed E-state index contributed by atoms with van der Waals surface area (Å²) in [5.41, 5.74) is 0. The first-order chi connectivity index (χ1) is 6.25. The zero-order valence-electron chi connectivity index (χ0n) is 8.38. The highest BCUT2D eigenvalue weighted by Gasteiger charge is 2.23. The molecule has 13 heavy (non-hydrogen) atoms.